The third kappa shape index (κ3) is 3.78. The Morgan fingerprint density at radius 3 is 2.67 bits per heavy atom. The molecule has 84 valence electrons. The van der Waals surface area contributed by atoms with Gasteiger partial charge in [0.15, 0.2) is 0 Å². The summed E-state index contributed by atoms with van der Waals surface area (Å²) < 4.78 is 1.03. The SMILES string of the molecule is CCCC(NCC)c1ccc(Br)cc1Cl. The average molecular weight is 291 g/mol. The van der Waals surface area contributed by atoms with E-state index in [1.54, 1.807) is 0 Å². The molecule has 1 rings (SSSR count). The fourth-order valence-corrected chi connectivity index (χ4v) is 2.49. The van der Waals surface area contributed by atoms with E-state index in [9.17, 15) is 0 Å². The van der Waals surface area contributed by atoms with E-state index in [4.69, 9.17) is 11.6 Å². The fraction of sp³-hybridized carbons (Fsp3) is 0.500. The molecule has 0 bridgehead atoms. The van der Waals surface area contributed by atoms with Gasteiger partial charge in [0.2, 0.25) is 0 Å². The first-order valence-electron chi connectivity index (χ1n) is 5.37. The van der Waals surface area contributed by atoms with Crippen LogP contribution in [0.2, 0.25) is 5.02 Å². The van der Waals surface area contributed by atoms with Crippen LogP contribution in [-0.4, -0.2) is 6.54 Å². The first-order valence-corrected chi connectivity index (χ1v) is 6.54. The maximum atomic E-state index is 6.23. The smallest absolute Gasteiger partial charge is 0.0465 e. The Hall–Kier alpha value is -0.0500. The molecule has 1 unspecified atom stereocenters. The molecule has 0 aliphatic heterocycles. The van der Waals surface area contributed by atoms with E-state index in [0.717, 1.165) is 28.9 Å². The van der Waals surface area contributed by atoms with Gasteiger partial charge in [-0.15, -0.1) is 0 Å². The van der Waals surface area contributed by atoms with Crippen molar-refractivity contribution in [1.29, 1.82) is 0 Å². The zero-order chi connectivity index (χ0) is 11.3. The van der Waals surface area contributed by atoms with Gasteiger partial charge >= 0.3 is 0 Å². The Kier molecular flexibility index (Phi) is 5.65. The van der Waals surface area contributed by atoms with Gasteiger partial charge in [0, 0.05) is 15.5 Å². The topological polar surface area (TPSA) is 12.0 Å². The molecule has 0 spiro atoms. The molecule has 15 heavy (non-hydrogen) atoms. The van der Waals surface area contributed by atoms with Crippen LogP contribution in [-0.2, 0) is 0 Å². The average Bonchev–Trinajstić information content (AvgIpc) is 2.17. The van der Waals surface area contributed by atoms with Crippen LogP contribution in [0.3, 0.4) is 0 Å². The van der Waals surface area contributed by atoms with E-state index in [2.05, 4.69) is 41.2 Å². The predicted octanol–water partition coefficient (Wildman–Crippen LogP) is 4.55. The third-order valence-electron chi connectivity index (χ3n) is 2.37. The minimum atomic E-state index is 0.376. The van der Waals surface area contributed by atoms with Gasteiger partial charge in [-0.05, 0) is 30.7 Å². The Morgan fingerprint density at radius 2 is 2.13 bits per heavy atom. The molecule has 3 heteroatoms. The molecule has 1 aromatic rings. The lowest BCUT2D eigenvalue weighted by molar-refractivity contribution is 0.509. The summed E-state index contributed by atoms with van der Waals surface area (Å²) in [6, 6.07) is 6.47. The van der Waals surface area contributed by atoms with Gasteiger partial charge < -0.3 is 5.32 Å². The number of hydrogen-bond acceptors (Lipinski definition) is 1. The Morgan fingerprint density at radius 1 is 1.40 bits per heavy atom. The highest BCUT2D eigenvalue weighted by atomic mass is 79.9. The summed E-state index contributed by atoms with van der Waals surface area (Å²) in [6.45, 7) is 5.28. The lowest BCUT2D eigenvalue weighted by Gasteiger charge is -2.19. The molecule has 1 atom stereocenters. The second-order valence-corrected chi connectivity index (χ2v) is 4.89. The van der Waals surface area contributed by atoms with E-state index in [0.29, 0.717) is 6.04 Å². The van der Waals surface area contributed by atoms with Gasteiger partial charge in [0.25, 0.3) is 0 Å². The standard InChI is InChI=1S/C12H17BrClN/c1-3-5-12(15-4-2)10-7-6-9(13)8-11(10)14/h6-8,12,15H,3-5H2,1-2H3. The van der Waals surface area contributed by atoms with Crippen LogP contribution < -0.4 is 5.32 Å². The Balaban J connectivity index is 2.89. The summed E-state index contributed by atoms with van der Waals surface area (Å²) in [7, 11) is 0. The zero-order valence-corrected chi connectivity index (χ0v) is 11.5. The Bertz CT molecular complexity index is 308. The monoisotopic (exact) mass is 289 g/mol. The quantitative estimate of drug-likeness (QED) is 0.838. The number of hydrogen-bond donors (Lipinski definition) is 1. The molecular weight excluding hydrogens is 273 g/mol. The molecule has 0 saturated heterocycles. The summed E-state index contributed by atoms with van der Waals surface area (Å²) in [5, 5.41) is 4.30. The summed E-state index contributed by atoms with van der Waals surface area (Å²) in [4.78, 5) is 0. The van der Waals surface area contributed by atoms with Gasteiger partial charge in [0.05, 0.1) is 0 Å². The number of benzene rings is 1. The largest absolute Gasteiger partial charge is 0.310 e. The van der Waals surface area contributed by atoms with E-state index in [-0.39, 0.29) is 0 Å². The predicted molar refractivity (Wildman–Crippen MR) is 70.5 cm³/mol. The van der Waals surface area contributed by atoms with Crippen molar-refractivity contribution in [1.82, 2.24) is 5.32 Å². The third-order valence-corrected chi connectivity index (χ3v) is 3.19. The molecular formula is C12H17BrClN. The number of halogens is 2. The van der Waals surface area contributed by atoms with Crippen LogP contribution in [0.1, 0.15) is 38.3 Å². The van der Waals surface area contributed by atoms with Crippen molar-refractivity contribution in [3.8, 4) is 0 Å². The highest BCUT2D eigenvalue weighted by Crippen LogP contribution is 2.28. The van der Waals surface area contributed by atoms with Crippen molar-refractivity contribution in [2.45, 2.75) is 32.7 Å². The lowest BCUT2D eigenvalue weighted by Crippen LogP contribution is -2.20. The van der Waals surface area contributed by atoms with Crippen molar-refractivity contribution < 1.29 is 0 Å². The van der Waals surface area contributed by atoms with E-state index in [1.165, 1.54) is 5.56 Å². The van der Waals surface area contributed by atoms with Crippen LogP contribution in [0, 0.1) is 0 Å². The molecule has 0 heterocycles. The molecule has 1 N–H and O–H groups in total. The number of nitrogens with one attached hydrogen (secondary N) is 1. The second-order valence-electron chi connectivity index (χ2n) is 3.56. The van der Waals surface area contributed by atoms with E-state index < -0.39 is 0 Å². The van der Waals surface area contributed by atoms with Crippen molar-refractivity contribution in [2.24, 2.45) is 0 Å². The summed E-state index contributed by atoms with van der Waals surface area (Å²) >= 11 is 9.64. The number of rotatable bonds is 5. The zero-order valence-electron chi connectivity index (χ0n) is 9.19. The highest BCUT2D eigenvalue weighted by molar-refractivity contribution is 9.10. The molecule has 1 nitrogen and oxygen atoms in total. The van der Waals surface area contributed by atoms with Crippen LogP contribution in [0.15, 0.2) is 22.7 Å². The van der Waals surface area contributed by atoms with Gasteiger partial charge in [-0.1, -0.05) is 53.9 Å². The maximum Gasteiger partial charge on any atom is 0.0465 e. The second kappa shape index (κ2) is 6.51. The molecule has 0 saturated carbocycles. The van der Waals surface area contributed by atoms with E-state index >= 15 is 0 Å². The molecule has 0 radical (unpaired) electrons. The summed E-state index contributed by atoms with van der Waals surface area (Å²) in [5.74, 6) is 0. The highest BCUT2D eigenvalue weighted by Gasteiger charge is 2.12. The molecule has 0 amide bonds. The minimum Gasteiger partial charge on any atom is -0.310 e. The van der Waals surface area contributed by atoms with Gasteiger partial charge in [-0.25, -0.2) is 0 Å². The van der Waals surface area contributed by atoms with Crippen molar-refractivity contribution in [3.63, 3.8) is 0 Å². The lowest BCUT2D eigenvalue weighted by atomic mass is 10.0. The van der Waals surface area contributed by atoms with Gasteiger partial charge in [-0.3, -0.25) is 0 Å². The minimum absolute atomic E-state index is 0.376. The molecule has 0 aliphatic carbocycles. The first kappa shape index (κ1) is 13.0. The van der Waals surface area contributed by atoms with Gasteiger partial charge in [0.1, 0.15) is 0 Å². The first-order chi connectivity index (χ1) is 7.19. The van der Waals surface area contributed by atoms with Crippen LogP contribution in [0.5, 0.6) is 0 Å². The van der Waals surface area contributed by atoms with Crippen molar-refractivity contribution >= 4 is 27.5 Å². The van der Waals surface area contributed by atoms with Crippen molar-refractivity contribution in [2.75, 3.05) is 6.54 Å². The summed E-state index contributed by atoms with van der Waals surface area (Å²) in [6.07, 6.45) is 2.28. The Labute approximate surface area is 105 Å². The summed E-state index contributed by atoms with van der Waals surface area (Å²) in [5.41, 5.74) is 1.20. The van der Waals surface area contributed by atoms with E-state index in [1.807, 2.05) is 12.1 Å². The normalized spacial score (nSPS) is 12.8. The van der Waals surface area contributed by atoms with Crippen LogP contribution in [0.25, 0.3) is 0 Å². The molecule has 1 aromatic carbocycles. The fourth-order valence-electron chi connectivity index (χ4n) is 1.69. The van der Waals surface area contributed by atoms with Crippen LogP contribution >= 0.6 is 27.5 Å². The molecule has 0 fully saturated rings. The molecule has 0 aromatic heterocycles. The van der Waals surface area contributed by atoms with Crippen molar-refractivity contribution in [3.05, 3.63) is 33.3 Å². The van der Waals surface area contributed by atoms with Gasteiger partial charge in [-0.2, -0.15) is 0 Å². The molecule has 0 aliphatic rings. The maximum absolute atomic E-state index is 6.23. The van der Waals surface area contributed by atoms with Crippen LogP contribution in [0.4, 0.5) is 0 Å².